The number of hydrogen-bond donors (Lipinski definition) is 1. The molecule has 3 rings (SSSR count). The smallest absolute Gasteiger partial charge is 0.264 e. The van der Waals surface area contributed by atoms with Crippen molar-refractivity contribution in [3.63, 3.8) is 0 Å². The van der Waals surface area contributed by atoms with Gasteiger partial charge in [0.25, 0.3) is 10.0 Å². The van der Waals surface area contributed by atoms with Crippen molar-refractivity contribution in [1.29, 1.82) is 0 Å². The lowest BCUT2D eigenvalue weighted by atomic mass is 10.1. The third-order valence-electron chi connectivity index (χ3n) is 7.27. The highest BCUT2D eigenvalue weighted by molar-refractivity contribution is 7.92. The summed E-state index contributed by atoms with van der Waals surface area (Å²) in [5.74, 6) is -0.333. The third kappa shape index (κ3) is 8.37. The summed E-state index contributed by atoms with van der Waals surface area (Å²) in [6.45, 7) is 6.93. The van der Waals surface area contributed by atoms with Gasteiger partial charge in [0.2, 0.25) is 11.8 Å². The number of amides is 2. The number of carbonyl (C=O) groups is 2. The van der Waals surface area contributed by atoms with Gasteiger partial charge in [-0.3, -0.25) is 13.9 Å². The monoisotopic (exact) mass is 663 g/mol. The number of halogens is 2. The second-order valence-corrected chi connectivity index (χ2v) is 13.1. The second-order valence-electron chi connectivity index (χ2n) is 10.4. The average molecular weight is 665 g/mol. The Labute approximate surface area is 270 Å². The fourth-order valence-electron chi connectivity index (χ4n) is 4.54. The molecule has 0 radical (unpaired) electrons. The topological polar surface area (TPSA) is 105 Å². The van der Waals surface area contributed by atoms with Crippen LogP contribution in [-0.4, -0.2) is 58.0 Å². The van der Waals surface area contributed by atoms with E-state index in [2.05, 4.69) is 5.32 Å². The van der Waals surface area contributed by atoms with Gasteiger partial charge < -0.3 is 19.7 Å². The number of carbonyl (C=O) groups excluding carboxylic acids is 2. The molecule has 0 unspecified atom stereocenters. The zero-order chi connectivity index (χ0) is 32.6. The molecule has 0 heterocycles. The van der Waals surface area contributed by atoms with Gasteiger partial charge in [0.1, 0.15) is 12.6 Å². The highest BCUT2D eigenvalue weighted by atomic mass is 35.5. The SMILES string of the molecule is CC[C@H](C(=O)N[C@@H](C)CC)N(Cc1ccc(Cl)c(Cl)c1)C(=O)CN(c1ccc(C)cc1)S(=O)(=O)c1ccc(OC)c(OC)c1. The lowest BCUT2D eigenvalue weighted by molar-refractivity contribution is -0.140. The Kier molecular flexibility index (Phi) is 12.3. The van der Waals surface area contributed by atoms with Crippen molar-refractivity contribution in [2.24, 2.45) is 0 Å². The number of nitrogens with zero attached hydrogens (tertiary/aromatic N) is 2. The van der Waals surface area contributed by atoms with Crippen LogP contribution in [-0.2, 0) is 26.2 Å². The van der Waals surface area contributed by atoms with Crippen molar-refractivity contribution in [1.82, 2.24) is 10.2 Å². The maximum atomic E-state index is 14.2. The summed E-state index contributed by atoms with van der Waals surface area (Å²) in [7, 11) is -1.44. The molecule has 0 saturated heterocycles. The van der Waals surface area contributed by atoms with Gasteiger partial charge >= 0.3 is 0 Å². The van der Waals surface area contributed by atoms with Crippen molar-refractivity contribution in [2.45, 2.75) is 64.1 Å². The Morgan fingerprint density at radius 2 is 1.55 bits per heavy atom. The number of benzene rings is 3. The molecule has 0 saturated carbocycles. The molecule has 0 aliphatic carbocycles. The molecule has 0 fully saturated rings. The number of rotatable bonds is 14. The van der Waals surface area contributed by atoms with Crippen molar-refractivity contribution in [2.75, 3.05) is 25.1 Å². The first-order chi connectivity index (χ1) is 20.9. The molecule has 9 nitrogen and oxygen atoms in total. The number of anilines is 1. The maximum absolute atomic E-state index is 14.2. The first-order valence-corrected chi connectivity index (χ1v) is 16.4. The van der Waals surface area contributed by atoms with E-state index in [1.807, 2.05) is 20.8 Å². The fourth-order valence-corrected chi connectivity index (χ4v) is 6.29. The van der Waals surface area contributed by atoms with Gasteiger partial charge in [-0.2, -0.15) is 0 Å². The van der Waals surface area contributed by atoms with Gasteiger partial charge in [-0.1, -0.05) is 60.8 Å². The molecule has 0 aliphatic heterocycles. The largest absolute Gasteiger partial charge is 0.493 e. The van der Waals surface area contributed by atoms with Gasteiger partial charge in [0.05, 0.1) is 34.8 Å². The van der Waals surface area contributed by atoms with Gasteiger partial charge in [-0.15, -0.1) is 0 Å². The fraction of sp³-hybridized carbons (Fsp3) is 0.375. The Bertz CT molecular complexity index is 1570. The lowest BCUT2D eigenvalue weighted by Crippen LogP contribution is -2.53. The van der Waals surface area contributed by atoms with Gasteiger partial charge in [0, 0.05) is 18.7 Å². The molecule has 3 aromatic carbocycles. The molecule has 12 heteroatoms. The lowest BCUT2D eigenvalue weighted by Gasteiger charge is -2.34. The standard InChI is InChI=1S/C32H39Cl2N3O6S/c1-7-22(4)35-32(39)28(8-2)36(19-23-11-15-26(33)27(34)17-23)31(38)20-37(24-12-9-21(3)10-13-24)44(40,41)25-14-16-29(42-5)30(18-25)43-6/h9-18,22,28H,7-8,19-20H2,1-6H3,(H,35,39)/t22-,28+/m0/s1. The Morgan fingerprint density at radius 3 is 2.11 bits per heavy atom. The highest BCUT2D eigenvalue weighted by Crippen LogP contribution is 2.33. The second kappa shape index (κ2) is 15.5. The van der Waals surface area contributed by atoms with Crippen LogP contribution < -0.4 is 19.1 Å². The van der Waals surface area contributed by atoms with Crippen LogP contribution in [0.1, 0.15) is 44.7 Å². The van der Waals surface area contributed by atoms with Crippen molar-refractivity contribution >= 4 is 50.7 Å². The molecule has 238 valence electrons. The van der Waals surface area contributed by atoms with Crippen LogP contribution in [0, 0.1) is 6.92 Å². The number of hydrogen-bond acceptors (Lipinski definition) is 6. The summed E-state index contributed by atoms with van der Waals surface area (Å²) >= 11 is 12.4. The minimum absolute atomic E-state index is 0.000297. The number of aryl methyl sites for hydroxylation is 1. The molecule has 1 N–H and O–H groups in total. The van der Waals surface area contributed by atoms with Crippen LogP contribution in [0.15, 0.2) is 65.6 Å². The van der Waals surface area contributed by atoms with Crippen molar-refractivity contribution in [3.8, 4) is 11.5 Å². The molecular weight excluding hydrogens is 625 g/mol. The van der Waals surface area contributed by atoms with Gasteiger partial charge in [-0.05, 0) is 68.7 Å². The zero-order valence-electron chi connectivity index (χ0n) is 25.8. The van der Waals surface area contributed by atoms with Crippen LogP contribution in [0.3, 0.4) is 0 Å². The molecule has 0 bridgehead atoms. The van der Waals surface area contributed by atoms with E-state index in [0.29, 0.717) is 34.2 Å². The summed E-state index contributed by atoms with van der Waals surface area (Å²) in [6, 6.07) is 15.0. The van der Waals surface area contributed by atoms with E-state index in [0.717, 1.165) is 9.87 Å². The molecule has 2 amide bonds. The first-order valence-electron chi connectivity index (χ1n) is 14.2. The number of nitrogens with one attached hydrogen (secondary N) is 1. The van der Waals surface area contributed by atoms with Gasteiger partial charge in [-0.25, -0.2) is 8.42 Å². The van der Waals surface area contributed by atoms with E-state index < -0.39 is 28.5 Å². The molecule has 2 atom stereocenters. The highest BCUT2D eigenvalue weighted by Gasteiger charge is 2.34. The average Bonchev–Trinajstić information content (AvgIpc) is 3.01. The van der Waals surface area contributed by atoms with E-state index >= 15 is 0 Å². The van der Waals surface area contributed by atoms with E-state index in [1.165, 1.54) is 37.3 Å². The predicted octanol–water partition coefficient (Wildman–Crippen LogP) is 6.24. The number of methoxy groups -OCH3 is 2. The molecule has 0 aromatic heterocycles. The van der Waals surface area contributed by atoms with Crippen LogP contribution >= 0.6 is 23.2 Å². The minimum atomic E-state index is -4.30. The quantitative estimate of drug-likeness (QED) is 0.219. The summed E-state index contributed by atoms with van der Waals surface area (Å²) in [4.78, 5) is 29.0. The third-order valence-corrected chi connectivity index (χ3v) is 9.78. The van der Waals surface area contributed by atoms with Gasteiger partial charge in [0.15, 0.2) is 11.5 Å². The molecule has 3 aromatic rings. The summed E-state index contributed by atoms with van der Waals surface area (Å²) in [5, 5.41) is 3.60. The number of sulfonamides is 1. The normalized spacial score (nSPS) is 12.6. The summed E-state index contributed by atoms with van der Waals surface area (Å²) in [6.07, 6.45) is 0.996. The van der Waals surface area contributed by atoms with Crippen molar-refractivity contribution < 1.29 is 27.5 Å². The predicted molar refractivity (Wildman–Crippen MR) is 174 cm³/mol. The van der Waals surface area contributed by atoms with Crippen LogP contribution in [0.25, 0.3) is 0 Å². The molecule has 44 heavy (non-hydrogen) atoms. The van der Waals surface area contributed by atoms with Crippen LogP contribution in [0.5, 0.6) is 11.5 Å². The summed E-state index contributed by atoms with van der Waals surface area (Å²) < 4.78 is 40.0. The minimum Gasteiger partial charge on any atom is -0.493 e. The Morgan fingerprint density at radius 1 is 0.886 bits per heavy atom. The van der Waals surface area contributed by atoms with E-state index in [9.17, 15) is 18.0 Å². The molecular formula is C32H39Cl2N3O6S. The summed E-state index contributed by atoms with van der Waals surface area (Å²) in [5.41, 5.74) is 1.83. The van der Waals surface area contributed by atoms with Crippen LogP contribution in [0.2, 0.25) is 10.0 Å². The maximum Gasteiger partial charge on any atom is 0.264 e. The van der Waals surface area contributed by atoms with E-state index in [-0.39, 0.29) is 34.8 Å². The molecule has 0 aliphatic rings. The zero-order valence-corrected chi connectivity index (χ0v) is 28.1. The molecule has 0 spiro atoms. The van der Waals surface area contributed by atoms with E-state index in [4.69, 9.17) is 32.7 Å². The van der Waals surface area contributed by atoms with E-state index in [1.54, 1.807) is 49.4 Å². The van der Waals surface area contributed by atoms with Crippen LogP contribution in [0.4, 0.5) is 5.69 Å². The van der Waals surface area contributed by atoms with Crippen molar-refractivity contribution in [3.05, 3.63) is 81.8 Å². The number of ether oxygens (including phenoxy) is 2. The Balaban J connectivity index is 2.11. The first kappa shape index (κ1) is 35.0. The Hall–Kier alpha value is -3.47.